The Morgan fingerprint density at radius 3 is 2.38 bits per heavy atom. The van der Waals surface area contributed by atoms with Gasteiger partial charge >= 0.3 is 0 Å². The van der Waals surface area contributed by atoms with Crippen LogP contribution in [-0.2, 0) is 16.1 Å². The van der Waals surface area contributed by atoms with E-state index in [1.54, 1.807) is 25.1 Å². The van der Waals surface area contributed by atoms with Crippen LogP contribution >= 0.6 is 23.2 Å². The molecule has 5 nitrogen and oxygen atoms in total. The summed E-state index contributed by atoms with van der Waals surface area (Å²) >= 11 is 12.8. The summed E-state index contributed by atoms with van der Waals surface area (Å²) < 4.78 is 5.93. The molecule has 0 aromatic heterocycles. The number of halogens is 2. The average Bonchev–Trinajstić information content (AvgIpc) is 3.35. The van der Waals surface area contributed by atoms with E-state index in [-0.39, 0.29) is 31.0 Å². The lowest BCUT2D eigenvalue weighted by molar-refractivity contribution is -0.142. The molecule has 7 heteroatoms. The van der Waals surface area contributed by atoms with E-state index >= 15 is 0 Å². The number of hydrogen-bond donors (Lipinski definition) is 1. The molecule has 4 rings (SSSR count). The predicted octanol–water partition coefficient (Wildman–Crippen LogP) is 6.00. The van der Waals surface area contributed by atoms with Gasteiger partial charge in [0.2, 0.25) is 5.91 Å². The van der Waals surface area contributed by atoms with E-state index in [0.717, 1.165) is 36.5 Å². The summed E-state index contributed by atoms with van der Waals surface area (Å²) in [5.41, 5.74) is 0.602. The van der Waals surface area contributed by atoms with Gasteiger partial charge < -0.3 is 15.0 Å². The smallest absolute Gasteiger partial charge is 0.261 e. The molecule has 0 aliphatic heterocycles. The molecule has 1 fully saturated rings. The zero-order valence-corrected chi connectivity index (χ0v) is 20.6. The highest BCUT2D eigenvalue weighted by molar-refractivity contribution is 6.36. The Hall–Kier alpha value is -2.76. The van der Waals surface area contributed by atoms with Gasteiger partial charge in [-0.1, -0.05) is 78.5 Å². The summed E-state index contributed by atoms with van der Waals surface area (Å²) in [7, 11) is 0. The number of nitrogens with one attached hydrogen (secondary N) is 1. The molecule has 1 saturated carbocycles. The van der Waals surface area contributed by atoms with Crippen LogP contribution in [0.1, 0.15) is 38.2 Å². The number of fused-ring (bicyclic) bond motifs is 1. The zero-order chi connectivity index (χ0) is 24.1. The Morgan fingerprint density at radius 2 is 1.65 bits per heavy atom. The number of benzene rings is 3. The molecule has 1 aliphatic carbocycles. The van der Waals surface area contributed by atoms with Crippen molar-refractivity contribution in [1.29, 1.82) is 0 Å². The number of hydrogen-bond acceptors (Lipinski definition) is 3. The van der Waals surface area contributed by atoms with E-state index in [4.69, 9.17) is 27.9 Å². The first-order valence-electron chi connectivity index (χ1n) is 11.6. The molecule has 178 valence electrons. The van der Waals surface area contributed by atoms with E-state index in [0.29, 0.717) is 21.4 Å². The second kappa shape index (κ2) is 11.1. The maximum atomic E-state index is 13.4. The third kappa shape index (κ3) is 5.65. The second-order valence-corrected chi connectivity index (χ2v) is 9.47. The maximum Gasteiger partial charge on any atom is 0.261 e. The van der Waals surface area contributed by atoms with Gasteiger partial charge in [0.1, 0.15) is 11.8 Å². The minimum atomic E-state index is -0.712. The first-order chi connectivity index (χ1) is 16.4. The number of amides is 2. The molecule has 1 atom stereocenters. The van der Waals surface area contributed by atoms with Crippen LogP contribution in [0.3, 0.4) is 0 Å². The van der Waals surface area contributed by atoms with Crippen molar-refractivity contribution in [3.63, 3.8) is 0 Å². The normalized spacial score (nSPS) is 14.7. The van der Waals surface area contributed by atoms with Crippen molar-refractivity contribution in [2.24, 2.45) is 0 Å². The molecule has 1 N–H and O–H groups in total. The fourth-order valence-electron chi connectivity index (χ4n) is 4.37. The number of carbonyl (C=O) groups is 2. The van der Waals surface area contributed by atoms with Crippen molar-refractivity contribution in [1.82, 2.24) is 10.2 Å². The van der Waals surface area contributed by atoms with E-state index in [1.165, 1.54) is 4.90 Å². The Kier molecular flexibility index (Phi) is 7.96. The fraction of sp³-hybridized carbons (Fsp3) is 0.333. The van der Waals surface area contributed by atoms with E-state index in [2.05, 4.69) is 5.32 Å². The van der Waals surface area contributed by atoms with Gasteiger partial charge in [-0.25, -0.2) is 0 Å². The van der Waals surface area contributed by atoms with E-state index in [1.807, 2.05) is 42.5 Å². The molecule has 0 saturated heterocycles. The molecular weight excluding hydrogens is 471 g/mol. The predicted molar refractivity (Wildman–Crippen MR) is 136 cm³/mol. The van der Waals surface area contributed by atoms with E-state index in [9.17, 15) is 9.59 Å². The number of ether oxygens (including phenoxy) is 1. The van der Waals surface area contributed by atoms with Crippen LogP contribution in [0, 0.1) is 0 Å². The zero-order valence-electron chi connectivity index (χ0n) is 19.1. The quantitative estimate of drug-likeness (QED) is 0.414. The molecular formula is C27H28Cl2N2O3. The highest BCUT2D eigenvalue weighted by atomic mass is 35.5. The molecule has 3 aromatic carbocycles. The largest absolute Gasteiger partial charge is 0.483 e. The first kappa shape index (κ1) is 24.4. The van der Waals surface area contributed by atoms with Crippen LogP contribution in [-0.4, -0.2) is 35.4 Å². The summed E-state index contributed by atoms with van der Waals surface area (Å²) in [6, 6.07) is 18.2. The van der Waals surface area contributed by atoms with Crippen LogP contribution in [0.25, 0.3) is 10.8 Å². The molecule has 3 aromatic rings. The topological polar surface area (TPSA) is 58.6 Å². The summed E-state index contributed by atoms with van der Waals surface area (Å²) in [5.74, 6) is 0.108. The average molecular weight is 499 g/mol. The monoisotopic (exact) mass is 498 g/mol. The van der Waals surface area contributed by atoms with Gasteiger partial charge in [0, 0.05) is 33.6 Å². The lowest BCUT2D eigenvalue weighted by atomic mass is 10.1. The number of nitrogens with zero attached hydrogens (tertiary/aromatic N) is 1. The molecule has 1 aliphatic rings. The molecule has 34 heavy (non-hydrogen) atoms. The van der Waals surface area contributed by atoms with Crippen molar-refractivity contribution in [3.05, 3.63) is 76.3 Å². The molecule has 0 radical (unpaired) electrons. The Morgan fingerprint density at radius 1 is 1.00 bits per heavy atom. The minimum Gasteiger partial charge on any atom is -0.483 e. The van der Waals surface area contributed by atoms with Gasteiger partial charge in [0.05, 0.1) is 0 Å². The van der Waals surface area contributed by atoms with Crippen LogP contribution < -0.4 is 10.1 Å². The molecule has 0 bridgehead atoms. The highest BCUT2D eigenvalue weighted by Crippen LogP contribution is 2.28. The van der Waals surface area contributed by atoms with E-state index < -0.39 is 6.04 Å². The summed E-state index contributed by atoms with van der Waals surface area (Å²) in [5, 5.41) is 5.93. The van der Waals surface area contributed by atoms with Gasteiger partial charge in [0.15, 0.2) is 6.61 Å². The van der Waals surface area contributed by atoms with Crippen LogP contribution in [0.5, 0.6) is 5.75 Å². The summed E-state index contributed by atoms with van der Waals surface area (Å²) in [6.07, 6.45) is 4.14. The van der Waals surface area contributed by atoms with Gasteiger partial charge in [0.25, 0.3) is 5.91 Å². The minimum absolute atomic E-state index is 0.107. The first-order valence-corrected chi connectivity index (χ1v) is 12.3. The standard InChI is InChI=1S/C27H28Cl2N2O3/c1-18(27(33)30-20-10-3-4-11-20)31(16-22-23(28)13-7-14-24(22)29)26(32)17-34-25-15-6-9-19-8-2-5-12-21(19)25/h2,5-9,12-15,18,20H,3-4,10-11,16-17H2,1H3,(H,30,33)/t18-/m0/s1. The lowest BCUT2D eigenvalue weighted by Gasteiger charge is -2.30. The molecule has 2 amide bonds. The van der Waals surface area contributed by atoms with Gasteiger partial charge in [-0.3, -0.25) is 9.59 Å². The Balaban J connectivity index is 1.54. The van der Waals surface area contributed by atoms with Crippen molar-refractivity contribution in [3.8, 4) is 5.75 Å². The third-order valence-electron chi connectivity index (χ3n) is 6.36. The Bertz CT molecular complexity index is 1150. The Labute approximate surface area is 210 Å². The van der Waals surface area contributed by atoms with Crippen molar-refractivity contribution < 1.29 is 14.3 Å². The van der Waals surface area contributed by atoms with Crippen LogP contribution in [0.15, 0.2) is 60.7 Å². The lowest BCUT2D eigenvalue weighted by Crippen LogP contribution is -2.50. The number of rotatable bonds is 8. The van der Waals surface area contributed by atoms with Crippen LogP contribution in [0.2, 0.25) is 10.0 Å². The van der Waals surface area contributed by atoms with Crippen molar-refractivity contribution in [2.45, 2.75) is 51.2 Å². The van der Waals surface area contributed by atoms with Gasteiger partial charge in [-0.2, -0.15) is 0 Å². The number of carbonyl (C=O) groups excluding carboxylic acids is 2. The fourth-order valence-corrected chi connectivity index (χ4v) is 4.89. The SMILES string of the molecule is C[C@@H](C(=O)NC1CCCC1)N(Cc1c(Cl)cccc1Cl)C(=O)COc1cccc2ccccc12. The molecule has 0 heterocycles. The molecule has 0 unspecified atom stereocenters. The third-order valence-corrected chi connectivity index (χ3v) is 7.07. The summed E-state index contributed by atoms with van der Waals surface area (Å²) in [4.78, 5) is 27.9. The maximum absolute atomic E-state index is 13.4. The van der Waals surface area contributed by atoms with Gasteiger partial charge in [-0.15, -0.1) is 0 Å². The summed E-state index contributed by atoms with van der Waals surface area (Å²) in [6.45, 7) is 1.62. The molecule has 0 spiro atoms. The second-order valence-electron chi connectivity index (χ2n) is 8.65. The van der Waals surface area contributed by atoms with Crippen molar-refractivity contribution >= 4 is 45.8 Å². The van der Waals surface area contributed by atoms with Crippen molar-refractivity contribution in [2.75, 3.05) is 6.61 Å². The van der Waals surface area contributed by atoms with Gasteiger partial charge in [-0.05, 0) is 43.4 Å². The highest BCUT2D eigenvalue weighted by Gasteiger charge is 2.29. The van der Waals surface area contributed by atoms with Crippen LogP contribution in [0.4, 0.5) is 0 Å².